The molecule has 0 amide bonds. The Labute approximate surface area is 111 Å². The fraction of sp³-hybridized carbons (Fsp3) is 0.429. The SMILES string of the molecule is Cn1nc(CN2c3ccccc3CC2(C)C)[nH]c1=O. The molecule has 0 atom stereocenters. The largest absolute Gasteiger partial charge is 0.358 e. The quantitative estimate of drug-likeness (QED) is 0.887. The van der Waals surface area contributed by atoms with E-state index in [-0.39, 0.29) is 11.2 Å². The number of fused-ring (bicyclic) bond motifs is 1. The lowest BCUT2D eigenvalue weighted by molar-refractivity contribution is 0.478. The van der Waals surface area contributed by atoms with E-state index in [0.29, 0.717) is 12.4 Å². The Hall–Kier alpha value is -2.04. The van der Waals surface area contributed by atoms with Crippen LogP contribution >= 0.6 is 0 Å². The summed E-state index contributed by atoms with van der Waals surface area (Å²) in [6.07, 6.45) is 1.01. The number of para-hydroxylation sites is 1. The predicted molar refractivity (Wildman–Crippen MR) is 74.2 cm³/mol. The number of nitrogens with zero attached hydrogens (tertiary/aromatic N) is 3. The summed E-state index contributed by atoms with van der Waals surface area (Å²) in [5, 5.41) is 4.22. The normalized spacial score (nSPS) is 16.7. The van der Waals surface area contributed by atoms with Gasteiger partial charge in [0.2, 0.25) is 0 Å². The zero-order valence-electron chi connectivity index (χ0n) is 11.5. The van der Waals surface area contributed by atoms with Crippen molar-refractivity contribution in [3.05, 3.63) is 46.1 Å². The number of aromatic nitrogens is 3. The summed E-state index contributed by atoms with van der Waals surface area (Å²) < 4.78 is 1.34. The van der Waals surface area contributed by atoms with Gasteiger partial charge in [-0.2, -0.15) is 5.10 Å². The van der Waals surface area contributed by atoms with E-state index < -0.39 is 0 Å². The third-order valence-corrected chi connectivity index (χ3v) is 3.76. The van der Waals surface area contributed by atoms with E-state index >= 15 is 0 Å². The van der Waals surface area contributed by atoms with Gasteiger partial charge in [0.15, 0.2) is 5.82 Å². The van der Waals surface area contributed by atoms with Crippen LogP contribution in [0.4, 0.5) is 5.69 Å². The maximum Gasteiger partial charge on any atom is 0.343 e. The molecule has 2 heterocycles. The summed E-state index contributed by atoms with van der Waals surface area (Å²) in [5.41, 5.74) is 2.46. The van der Waals surface area contributed by atoms with Gasteiger partial charge in [-0.15, -0.1) is 0 Å². The third kappa shape index (κ3) is 1.95. The number of benzene rings is 1. The Bertz CT molecular complexity index is 668. The zero-order valence-corrected chi connectivity index (χ0v) is 11.5. The first kappa shape index (κ1) is 12.0. The monoisotopic (exact) mass is 258 g/mol. The van der Waals surface area contributed by atoms with Crippen molar-refractivity contribution < 1.29 is 0 Å². The fourth-order valence-electron chi connectivity index (χ4n) is 2.79. The van der Waals surface area contributed by atoms with Crippen molar-refractivity contribution in [2.24, 2.45) is 7.05 Å². The van der Waals surface area contributed by atoms with E-state index in [4.69, 9.17) is 0 Å². The van der Waals surface area contributed by atoms with Crippen LogP contribution < -0.4 is 10.6 Å². The van der Waals surface area contributed by atoms with E-state index in [2.05, 4.69) is 47.0 Å². The summed E-state index contributed by atoms with van der Waals surface area (Å²) in [6.45, 7) is 5.06. The van der Waals surface area contributed by atoms with Gasteiger partial charge in [0.25, 0.3) is 0 Å². The second-order valence-electron chi connectivity index (χ2n) is 5.70. The van der Waals surface area contributed by atoms with Crippen molar-refractivity contribution in [1.29, 1.82) is 0 Å². The van der Waals surface area contributed by atoms with E-state index in [1.54, 1.807) is 7.05 Å². The minimum Gasteiger partial charge on any atom is -0.358 e. The molecule has 0 saturated carbocycles. The predicted octanol–water partition coefficient (Wildman–Crippen LogP) is 1.45. The number of rotatable bonds is 2. The van der Waals surface area contributed by atoms with Gasteiger partial charge in [-0.1, -0.05) is 18.2 Å². The topological polar surface area (TPSA) is 53.9 Å². The van der Waals surface area contributed by atoms with Crippen LogP contribution in [-0.2, 0) is 20.0 Å². The molecule has 0 radical (unpaired) electrons. The number of aromatic amines is 1. The third-order valence-electron chi connectivity index (χ3n) is 3.76. The average Bonchev–Trinajstić information content (AvgIpc) is 2.78. The average molecular weight is 258 g/mol. The van der Waals surface area contributed by atoms with Gasteiger partial charge in [0.05, 0.1) is 6.54 Å². The zero-order chi connectivity index (χ0) is 13.6. The summed E-state index contributed by atoms with van der Waals surface area (Å²) in [7, 11) is 1.66. The number of aryl methyl sites for hydroxylation is 1. The molecule has 5 nitrogen and oxygen atoms in total. The first-order valence-corrected chi connectivity index (χ1v) is 6.45. The highest BCUT2D eigenvalue weighted by Gasteiger charge is 2.35. The van der Waals surface area contributed by atoms with Crippen LogP contribution in [0, 0.1) is 0 Å². The Morgan fingerprint density at radius 2 is 2.11 bits per heavy atom. The lowest BCUT2D eigenvalue weighted by Gasteiger charge is -2.33. The lowest BCUT2D eigenvalue weighted by atomic mass is 9.99. The second-order valence-corrected chi connectivity index (χ2v) is 5.70. The van der Waals surface area contributed by atoms with Crippen molar-refractivity contribution in [3.63, 3.8) is 0 Å². The van der Waals surface area contributed by atoms with Gasteiger partial charge < -0.3 is 4.90 Å². The molecular formula is C14H18N4O. The van der Waals surface area contributed by atoms with Crippen molar-refractivity contribution in [1.82, 2.24) is 14.8 Å². The Balaban J connectivity index is 1.97. The van der Waals surface area contributed by atoms with Crippen molar-refractivity contribution in [2.75, 3.05) is 4.90 Å². The van der Waals surface area contributed by atoms with Gasteiger partial charge in [0.1, 0.15) is 0 Å². The van der Waals surface area contributed by atoms with Crippen LogP contribution in [0.25, 0.3) is 0 Å². The molecule has 0 aliphatic carbocycles. The maximum atomic E-state index is 11.4. The van der Waals surface area contributed by atoms with E-state index in [0.717, 1.165) is 6.42 Å². The standard InChI is InChI=1S/C14H18N4O/c1-14(2)8-10-6-4-5-7-11(10)18(14)9-12-15-13(19)17(3)16-12/h4-7H,8-9H2,1-3H3,(H,15,16,19). The number of anilines is 1. The molecule has 2 aromatic rings. The van der Waals surface area contributed by atoms with Crippen LogP contribution in [0.2, 0.25) is 0 Å². The minimum atomic E-state index is -0.166. The molecule has 3 rings (SSSR count). The molecule has 0 spiro atoms. The Morgan fingerprint density at radius 1 is 1.37 bits per heavy atom. The Morgan fingerprint density at radius 3 is 2.79 bits per heavy atom. The molecule has 5 heteroatoms. The van der Waals surface area contributed by atoms with Crippen LogP contribution in [-0.4, -0.2) is 20.3 Å². The summed E-state index contributed by atoms with van der Waals surface area (Å²) in [4.78, 5) is 16.5. The maximum absolute atomic E-state index is 11.4. The highest BCUT2D eigenvalue weighted by atomic mass is 16.1. The molecule has 0 fully saturated rings. The smallest absolute Gasteiger partial charge is 0.343 e. The van der Waals surface area contributed by atoms with Crippen molar-refractivity contribution >= 4 is 5.69 Å². The van der Waals surface area contributed by atoms with Crippen molar-refractivity contribution in [3.8, 4) is 0 Å². The van der Waals surface area contributed by atoms with Gasteiger partial charge in [-0.25, -0.2) is 9.48 Å². The fourth-order valence-corrected chi connectivity index (χ4v) is 2.79. The molecule has 0 saturated heterocycles. The molecule has 19 heavy (non-hydrogen) atoms. The van der Waals surface area contributed by atoms with Crippen LogP contribution in [0.5, 0.6) is 0 Å². The van der Waals surface area contributed by atoms with E-state index in [1.807, 2.05) is 6.07 Å². The second kappa shape index (κ2) is 3.98. The highest BCUT2D eigenvalue weighted by molar-refractivity contribution is 5.61. The molecule has 1 aromatic heterocycles. The summed E-state index contributed by atoms with van der Waals surface area (Å²) in [5.74, 6) is 0.706. The van der Waals surface area contributed by atoms with Crippen LogP contribution in [0.1, 0.15) is 25.2 Å². The molecule has 0 unspecified atom stereocenters. The highest BCUT2D eigenvalue weighted by Crippen LogP contribution is 2.38. The first-order valence-electron chi connectivity index (χ1n) is 6.45. The van der Waals surface area contributed by atoms with Gasteiger partial charge in [-0.05, 0) is 31.9 Å². The number of H-pyrrole nitrogens is 1. The molecule has 1 aliphatic heterocycles. The lowest BCUT2D eigenvalue weighted by Crippen LogP contribution is -2.40. The Kier molecular flexibility index (Phi) is 2.52. The first-order chi connectivity index (χ1) is 8.97. The van der Waals surface area contributed by atoms with Crippen molar-refractivity contribution in [2.45, 2.75) is 32.4 Å². The minimum absolute atomic E-state index is 0.0398. The summed E-state index contributed by atoms with van der Waals surface area (Å²) >= 11 is 0. The molecule has 1 aliphatic rings. The van der Waals surface area contributed by atoms with E-state index in [9.17, 15) is 4.79 Å². The molecule has 1 N–H and O–H groups in total. The van der Waals surface area contributed by atoms with Gasteiger partial charge in [0, 0.05) is 18.3 Å². The molecular weight excluding hydrogens is 240 g/mol. The van der Waals surface area contributed by atoms with E-state index in [1.165, 1.54) is 15.9 Å². The number of hydrogen-bond acceptors (Lipinski definition) is 3. The van der Waals surface area contributed by atoms with Crippen LogP contribution in [0.3, 0.4) is 0 Å². The molecule has 1 aromatic carbocycles. The number of hydrogen-bond donors (Lipinski definition) is 1. The van der Waals surface area contributed by atoms with Gasteiger partial charge in [-0.3, -0.25) is 4.98 Å². The molecule has 0 bridgehead atoms. The summed E-state index contributed by atoms with van der Waals surface area (Å²) in [6, 6.07) is 8.42. The van der Waals surface area contributed by atoms with Gasteiger partial charge >= 0.3 is 5.69 Å². The molecule has 100 valence electrons. The van der Waals surface area contributed by atoms with Crippen LogP contribution in [0.15, 0.2) is 29.1 Å². The number of nitrogens with one attached hydrogen (secondary N) is 1.